The zero-order valence-electron chi connectivity index (χ0n) is 17.4. The summed E-state index contributed by atoms with van der Waals surface area (Å²) in [6.45, 7) is 5.26. The highest BCUT2D eigenvalue weighted by Gasteiger charge is 2.39. The van der Waals surface area contributed by atoms with Crippen LogP contribution < -0.4 is 5.32 Å². The molecule has 2 rings (SSSR count). The molecule has 0 radical (unpaired) electrons. The van der Waals surface area contributed by atoms with Crippen molar-refractivity contribution < 1.29 is 33.8 Å². The van der Waals surface area contributed by atoms with Crippen LogP contribution in [0.15, 0.2) is 30.3 Å². The summed E-state index contributed by atoms with van der Waals surface area (Å²) >= 11 is 0. The lowest BCUT2D eigenvalue weighted by Gasteiger charge is -2.28. The van der Waals surface area contributed by atoms with Crippen LogP contribution in [0.2, 0.25) is 0 Å². The lowest BCUT2D eigenvalue weighted by Crippen LogP contribution is -2.53. The van der Waals surface area contributed by atoms with Gasteiger partial charge in [-0.25, -0.2) is 9.59 Å². The van der Waals surface area contributed by atoms with Crippen molar-refractivity contribution in [3.63, 3.8) is 0 Å². The number of amides is 2. The van der Waals surface area contributed by atoms with E-state index in [1.165, 1.54) is 4.90 Å². The lowest BCUT2D eigenvalue weighted by molar-refractivity contribution is -0.151. The van der Waals surface area contributed by atoms with Crippen LogP contribution >= 0.6 is 0 Å². The maximum atomic E-state index is 13.0. The number of rotatable bonds is 7. The van der Waals surface area contributed by atoms with E-state index >= 15 is 0 Å². The molecule has 1 aromatic rings. The molecule has 2 unspecified atom stereocenters. The lowest BCUT2D eigenvalue weighted by atomic mass is 10.1. The average molecular weight is 420 g/mol. The van der Waals surface area contributed by atoms with E-state index in [0.717, 1.165) is 5.56 Å². The quantitative estimate of drug-likeness (QED) is 0.648. The molecule has 30 heavy (non-hydrogen) atoms. The van der Waals surface area contributed by atoms with Crippen LogP contribution in [-0.4, -0.2) is 58.2 Å². The van der Waals surface area contributed by atoms with Gasteiger partial charge in [0, 0.05) is 6.54 Å². The maximum absolute atomic E-state index is 13.0. The number of carbonyl (C=O) groups is 4. The van der Waals surface area contributed by atoms with Crippen molar-refractivity contribution in [1.29, 1.82) is 0 Å². The van der Waals surface area contributed by atoms with E-state index in [4.69, 9.17) is 9.47 Å². The van der Waals surface area contributed by atoms with Gasteiger partial charge in [0.1, 0.15) is 24.3 Å². The van der Waals surface area contributed by atoms with E-state index < -0.39 is 48.0 Å². The number of aliphatic carboxylic acids is 1. The molecular formula is C21H28N2O7. The standard InChI is InChI=1S/C21H28N2O7/c1-21(2,3)30-20(28)22-15(18(25)23-11-7-10-16(23)19(26)27)12-17(24)29-13-14-8-5-4-6-9-14/h4-6,8-9,15-16H,7,10-13H2,1-3H3,(H,22,28)(H,26,27). The Morgan fingerprint density at radius 3 is 2.47 bits per heavy atom. The number of carboxylic acids is 1. The van der Waals surface area contributed by atoms with E-state index in [1.807, 2.05) is 6.07 Å². The van der Waals surface area contributed by atoms with E-state index in [-0.39, 0.29) is 13.2 Å². The molecule has 1 saturated heterocycles. The first kappa shape index (κ1) is 23.2. The number of likely N-dealkylation sites (tertiary alicyclic amines) is 1. The van der Waals surface area contributed by atoms with Gasteiger partial charge in [-0.05, 0) is 39.2 Å². The average Bonchev–Trinajstić information content (AvgIpc) is 3.15. The highest BCUT2D eigenvalue weighted by Crippen LogP contribution is 2.20. The van der Waals surface area contributed by atoms with Crippen LogP contribution in [0.1, 0.15) is 45.6 Å². The molecule has 0 bridgehead atoms. The van der Waals surface area contributed by atoms with E-state index in [2.05, 4.69) is 5.32 Å². The maximum Gasteiger partial charge on any atom is 0.408 e. The Kier molecular flexibility index (Phi) is 7.79. The number of alkyl carbamates (subject to hydrolysis) is 1. The zero-order valence-corrected chi connectivity index (χ0v) is 17.4. The summed E-state index contributed by atoms with van der Waals surface area (Å²) in [5.41, 5.74) is -0.0257. The fraction of sp³-hybridized carbons (Fsp3) is 0.524. The van der Waals surface area contributed by atoms with Crippen LogP contribution in [0.25, 0.3) is 0 Å². The van der Waals surface area contributed by atoms with Crippen molar-refractivity contribution in [3.8, 4) is 0 Å². The fourth-order valence-corrected chi connectivity index (χ4v) is 3.10. The Bertz CT molecular complexity index is 773. The van der Waals surface area contributed by atoms with Crippen LogP contribution in [0.4, 0.5) is 4.79 Å². The van der Waals surface area contributed by atoms with Gasteiger partial charge in [-0.1, -0.05) is 30.3 Å². The largest absolute Gasteiger partial charge is 0.480 e. The molecule has 9 heteroatoms. The van der Waals surface area contributed by atoms with Crippen molar-refractivity contribution in [2.45, 2.75) is 64.3 Å². The summed E-state index contributed by atoms with van der Waals surface area (Å²) in [4.78, 5) is 50.1. The Labute approximate surface area is 175 Å². The van der Waals surface area contributed by atoms with Crippen molar-refractivity contribution in [2.24, 2.45) is 0 Å². The molecule has 164 valence electrons. The minimum absolute atomic E-state index is 0.0223. The molecule has 0 spiro atoms. The monoisotopic (exact) mass is 420 g/mol. The molecular weight excluding hydrogens is 392 g/mol. The fourth-order valence-electron chi connectivity index (χ4n) is 3.10. The van der Waals surface area contributed by atoms with Crippen molar-refractivity contribution in [2.75, 3.05) is 6.54 Å². The topological polar surface area (TPSA) is 122 Å². The van der Waals surface area contributed by atoms with Crippen LogP contribution in [0, 0.1) is 0 Å². The normalized spacial score (nSPS) is 17.2. The summed E-state index contributed by atoms with van der Waals surface area (Å²) in [5, 5.41) is 11.7. The van der Waals surface area contributed by atoms with Crippen molar-refractivity contribution in [3.05, 3.63) is 35.9 Å². The number of carboxylic acid groups (broad SMARTS) is 1. The van der Waals surface area contributed by atoms with Gasteiger partial charge in [0.25, 0.3) is 0 Å². The second kappa shape index (κ2) is 10.1. The molecule has 2 amide bonds. The number of nitrogens with one attached hydrogen (secondary N) is 1. The number of ether oxygens (including phenoxy) is 2. The molecule has 1 heterocycles. The summed E-state index contributed by atoms with van der Waals surface area (Å²) < 4.78 is 10.4. The van der Waals surface area contributed by atoms with Crippen LogP contribution in [0.3, 0.4) is 0 Å². The molecule has 1 aromatic carbocycles. The van der Waals surface area contributed by atoms with Crippen molar-refractivity contribution >= 4 is 23.9 Å². The van der Waals surface area contributed by atoms with Gasteiger partial charge in [0.05, 0.1) is 6.42 Å². The number of hydrogen-bond donors (Lipinski definition) is 2. The van der Waals surface area contributed by atoms with Crippen LogP contribution in [0.5, 0.6) is 0 Å². The molecule has 0 aromatic heterocycles. The number of benzene rings is 1. The Morgan fingerprint density at radius 1 is 1.20 bits per heavy atom. The second-order valence-electron chi connectivity index (χ2n) is 8.08. The van der Waals surface area contributed by atoms with Gasteiger partial charge in [0.15, 0.2) is 0 Å². The van der Waals surface area contributed by atoms with E-state index in [0.29, 0.717) is 12.8 Å². The first-order valence-electron chi connectivity index (χ1n) is 9.79. The van der Waals surface area contributed by atoms with E-state index in [1.54, 1.807) is 45.0 Å². The smallest absolute Gasteiger partial charge is 0.408 e. The summed E-state index contributed by atoms with van der Waals surface area (Å²) in [6.07, 6.45) is -0.463. The molecule has 0 aliphatic carbocycles. The number of hydrogen-bond acceptors (Lipinski definition) is 6. The number of nitrogens with zero attached hydrogens (tertiary/aromatic N) is 1. The second-order valence-corrected chi connectivity index (χ2v) is 8.08. The number of esters is 1. The molecule has 2 atom stereocenters. The molecule has 2 N–H and O–H groups in total. The minimum atomic E-state index is -1.29. The Hall–Kier alpha value is -3.10. The Morgan fingerprint density at radius 2 is 1.87 bits per heavy atom. The molecule has 1 aliphatic heterocycles. The molecule has 1 aliphatic rings. The summed E-state index contributed by atoms with van der Waals surface area (Å²) in [6, 6.07) is 6.74. The number of carbonyl (C=O) groups excluding carboxylic acids is 3. The van der Waals surface area contributed by atoms with Crippen LogP contribution in [-0.2, 0) is 30.5 Å². The van der Waals surface area contributed by atoms with Gasteiger partial charge < -0.3 is 24.8 Å². The van der Waals surface area contributed by atoms with E-state index in [9.17, 15) is 24.3 Å². The molecule has 0 saturated carbocycles. The summed E-state index contributed by atoms with van der Waals surface area (Å²) in [5.74, 6) is -2.47. The molecule has 9 nitrogen and oxygen atoms in total. The van der Waals surface area contributed by atoms with Gasteiger partial charge in [-0.3, -0.25) is 9.59 Å². The third kappa shape index (κ3) is 7.06. The van der Waals surface area contributed by atoms with Crippen molar-refractivity contribution in [1.82, 2.24) is 10.2 Å². The first-order chi connectivity index (χ1) is 14.1. The highest BCUT2D eigenvalue weighted by molar-refractivity contribution is 5.92. The van der Waals surface area contributed by atoms with Gasteiger partial charge in [-0.15, -0.1) is 0 Å². The first-order valence-corrected chi connectivity index (χ1v) is 9.79. The van der Waals surface area contributed by atoms with Gasteiger partial charge >= 0.3 is 18.0 Å². The predicted molar refractivity (Wildman–Crippen MR) is 106 cm³/mol. The van der Waals surface area contributed by atoms with Gasteiger partial charge in [0.2, 0.25) is 5.91 Å². The third-order valence-corrected chi connectivity index (χ3v) is 4.42. The SMILES string of the molecule is CC(C)(C)OC(=O)NC(CC(=O)OCc1ccccc1)C(=O)N1CCCC1C(=O)O. The Balaban J connectivity index is 2.07. The third-order valence-electron chi connectivity index (χ3n) is 4.42. The zero-order chi connectivity index (χ0) is 22.3. The highest BCUT2D eigenvalue weighted by atomic mass is 16.6. The molecule has 1 fully saturated rings. The van der Waals surface area contributed by atoms with Gasteiger partial charge in [-0.2, -0.15) is 0 Å². The summed E-state index contributed by atoms with van der Waals surface area (Å²) in [7, 11) is 0. The predicted octanol–water partition coefficient (Wildman–Crippen LogP) is 2.09. The minimum Gasteiger partial charge on any atom is -0.480 e.